The van der Waals surface area contributed by atoms with Gasteiger partial charge >= 0.3 is 0 Å². The number of carbonyl (C=O) groups is 1. The number of nitrogens with zero attached hydrogens (tertiary/aromatic N) is 3. The lowest BCUT2D eigenvalue weighted by Gasteiger charge is -2.29. The second-order valence-electron chi connectivity index (χ2n) is 9.20. The second kappa shape index (κ2) is 10.6. The molecule has 2 aliphatic heterocycles. The Hall–Kier alpha value is -3.23. The number of aromatic nitrogens is 2. The van der Waals surface area contributed by atoms with E-state index < -0.39 is 0 Å². The molecule has 5 rings (SSSR count). The predicted molar refractivity (Wildman–Crippen MR) is 140 cm³/mol. The Labute approximate surface area is 211 Å². The van der Waals surface area contributed by atoms with Crippen molar-refractivity contribution in [3.63, 3.8) is 0 Å². The van der Waals surface area contributed by atoms with Crippen LogP contribution in [0.4, 0.5) is 5.69 Å². The van der Waals surface area contributed by atoms with E-state index in [2.05, 4.69) is 43.4 Å². The Bertz CT molecular complexity index is 1160. The molecule has 0 saturated carbocycles. The van der Waals surface area contributed by atoms with Crippen LogP contribution in [0, 0.1) is 6.92 Å². The molecule has 2 fully saturated rings. The molecule has 182 valence electrons. The lowest BCUT2D eigenvalue weighted by Crippen LogP contribution is -2.33. The van der Waals surface area contributed by atoms with Gasteiger partial charge in [0.1, 0.15) is 0 Å². The molecule has 3 aromatic rings. The first-order chi connectivity index (χ1) is 17.1. The van der Waals surface area contributed by atoms with Crippen molar-refractivity contribution in [1.82, 2.24) is 19.8 Å². The SMILES string of the molecule is Cc1ccc(NC(=O)CCN2C(=S)N[C@@H](c3ccccn3)[C@@H]2c2cccn2C[C@@H]2CCCO2)cc1. The standard InChI is InChI=1S/C27H31N5O2S/c1-19-9-11-20(12-10-19)29-24(33)13-16-32-26(25(30-27(32)35)22-7-2-3-14-28-22)23-8-4-15-31(23)18-21-6-5-17-34-21/h2-4,7-12,14-15,21,25-26H,5-6,13,16-18H2,1H3,(H,29,33)(H,30,35)/t21-,25-,26-/m0/s1. The summed E-state index contributed by atoms with van der Waals surface area (Å²) in [5, 5.41) is 7.11. The number of benzene rings is 1. The zero-order valence-corrected chi connectivity index (χ0v) is 20.7. The van der Waals surface area contributed by atoms with Crippen LogP contribution >= 0.6 is 12.2 Å². The Balaban J connectivity index is 1.36. The summed E-state index contributed by atoms with van der Waals surface area (Å²) in [7, 11) is 0. The van der Waals surface area contributed by atoms with Crippen LogP contribution < -0.4 is 10.6 Å². The molecule has 1 amide bonds. The second-order valence-corrected chi connectivity index (χ2v) is 9.59. The van der Waals surface area contributed by atoms with Gasteiger partial charge in [-0.2, -0.15) is 0 Å². The highest BCUT2D eigenvalue weighted by Gasteiger charge is 2.41. The number of aryl methyl sites for hydroxylation is 1. The van der Waals surface area contributed by atoms with Crippen LogP contribution in [0.25, 0.3) is 0 Å². The van der Waals surface area contributed by atoms with E-state index in [0.717, 1.165) is 48.6 Å². The molecule has 0 aliphatic carbocycles. The van der Waals surface area contributed by atoms with Crippen LogP contribution in [0.3, 0.4) is 0 Å². The maximum atomic E-state index is 12.8. The molecule has 7 nitrogen and oxygen atoms in total. The quantitative estimate of drug-likeness (QED) is 0.458. The van der Waals surface area contributed by atoms with Crippen molar-refractivity contribution < 1.29 is 9.53 Å². The van der Waals surface area contributed by atoms with Gasteiger partial charge in [0.2, 0.25) is 5.91 Å². The van der Waals surface area contributed by atoms with Gasteiger partial charge in [0.05, 0.1) is 23.9 Å². The van der Waals surface area contributed by atoms with Gasteiger partial charge in [-0.1, -0.05) is 23.8 Å². The number of nitrogens with one attached hydrogen (secondary N) is 2. The Kier molecular flexibility index (Phi) is 7.11. The molecule has 0 radical (unpaired) electrons. The molecule has 0 bridgehead atoms. The molecule has 2 aromatic heterocycles. The molecule has 35 heavy (non-hydrogen) atoms. The third kappa shape index (κ3) is 5.39. The van der Waals surface area contributed by atoms with E-state index in [0.29, 0.717) is 18.1 Å². The first-order valence-electron chi connectivity index (χ1n) is 12.2. The van der Waals surface area contributed by atoms with Crippen LogP contribution in [0.1, 0.15) is 48.3 Å². The highest BCUT2D eigenvalue weighted by atomic mass is 32.1. The molecule has 4 heterocycles. The Morgan fingerprint density at radius 1 is 1.20 bits per heavy atom. The van der Waals surface area contributed by atoms with E-state index in [1.807, 2.05) is 49.4 Å². The summed E-state index contributed by atoms with van der Waals surface area (Å²) in [5.74, 6) is -0.0357. The van der Waals surface area contributed by atoms with Gasteiger partial charge in [-0.05, 0) is 68.4 Å². The van der Waals surface area contributed by atoms with Crippen LogP contribution in [0.15, 0.2) is 67.0 Å². The van der Waals surface area contributed by atoms with Crippen molar-refractivity contribution in [1.29, 1.82) is 0 Å². The van der Waals surface area contributed by atoms with Crippen molar-refractivity contribution in [2.24, 2.45) is 0 Å². The molecule has 2 aliphatic rings. The summed E-state index contributed by atoms with van der Waals surface area (Å²) < 4.78 is 8.17. The third-order valence-electron chi connectivity index (χ3n) is 6.70. The number of thiocarbonyl (C=S) groups is 1. The lowest BCUT2D eigenvalue weighted by molar-refractivity contribution is -0.116. The molecule has 2 N–H and O–H groups in total. The van der Waals surface area contributed by atoms with Gasteiger partial charge in [-0.25, -0.2) is 0 Å². The molecule has 1 aromatic carbocycles. The number of anilines is 1. The van der Waals surface area contributed by atoms with E-state index in [4.69, 9.17) is 17.0 Å². The Morgan fingerprint density at radius 3 is 2.80 bits per heavy atom. The van der Waals surface area contributed by atoms with E-state index in [1.54, 1.807) is 6.20 Å². The predicted octanol–water partition coefficient (Wildman–Crippen LogP) is 4.37. The van der Waals surface area contributed by atoms with E-state index in [-0.39, 0.29) is 24.1 Å². The smallest absolute Gasteiger partial charge is 0.226 e. The largest absolute Gasteiger partial charge is 0.376 e. The number of pyridine rings is 1. The van der Waals surface area contributed by atoms with Crippen LogP contribution in [-0.4, -0.2) is 44.7 Å². The van der Waals surface area contributed by atoms with Gasteiger partial charge in [-0.15, -0.1) is 0 Å². The lowest BCUT2D eigenvalue weighted by atomic mass is 10.0. The molecule has 0 spiro atoms. The summed E-state index contributed by atoms with van der Waals surface area (Å²) in [6, 6.07) is 17.8. The molecule has 8 heteroatoms. The normalized spacial score (nSPS) is 21.8. The van der Waals surface area contributed by atoms with Gasteiger partial charge in [0, 0.05) is 49.9 Å². The minimum absolute atomic E-state index is 0.0357. The average Bonchev–Trinajstić information content (AvgIpc) is 3.61. The zero-order chi connectivity index (χ0) is 24.2. The van der Waals surface area contributed by atoms with Gasteiger partial charge in [0.15, 0.2) is 5.11 Å². The summed E-state index contributed by atoms with van der Waals surface area (Å²) in [6.45, 7) is 4.17. The van der Waals surface area contributed by atoms with Gasteiger partial charge < -0.3 is 24.8 Å². The average molecular weight is 490 g/mol. The van der Waals surface area contributed by atoms with Crippen molar-refractivity contribution in [2.75, 3.05) is 18.5 Å². The highest BCUT2D eigenvalue weighted by molar-refractivity contribution is 7.80. The minimum Gasteiger partial charge on any atom is -0.376 e. The fourth-order valence-electron chi connectivity index (χ4n) is 4.92. The summed E-state index contributed by atoms with van der Waals surface area (Å²) in [4.78, 5) is 19.5. The van der Waals surface area contributed by atoms with Gasteiger partial charge in [0.25, 0.3) is 0 Å². The minimum atomic E-state index is -0.109. The van der Waals surface area contributed by atoms with E-state index in [1.165, 1.54) is 0 Å². The molecule has 0 unspecified atom stereocenters. The Morgan fingerprint density at radius 2 is 2.06 bits per heavy atom. The number of amides is 1. The highest BCUT2D eigenvalue weighted by Crippen LogP contribution is 2.39. The number of hydrogen-bond donors (Lipinski definition) is 2. The number of hydrogen-bond acceptors (Lipinski definition) is 4. The van der Waals surface area contributed by atoms with Gasteiger partial charge in [-0.3, -0.25) is 9.78 Å². The molecular formula is C27H31N5O2S. The van der Waals surface area contributed by atoms with Crippen molar-refractivity contribution in [3.05, 3.63) is 83.9 Å². The fourth-order valence-corrected chi connectivity index (χ4v) is 5.25. The molecular weight excluding hydrogens is 458 g/mol. The van der Waals surface area contributed by atoms with Crippen LogP contribution in [-0.2, 0) is 16.1 Å². The third-order valence-corrected chi connectivity index (χ3v) is 7.06. The maximum Gasteiger partial charge on any atom is 0.226 e. The topological polar surface area (TPSA) is 71.4 Å². The van der Waals surface area contributed by atoms with Crippen molar-refractivity contribution >= 4 is 28.9 Å². The van der Waals surface area contributed by atoms with Crippen molar-refractivity contribution in [3.8, 4) is 0 Å². The summed E-state index contributed by atoms with van der Waals surface area (Å²) >= 11 is 5.77. The maximum absolute atomic E-state index is 12.8. The molecule has 2 saturated heterocycles. The molecule has 3 atom stereocenters. The van der Waals surface area contributed by atoms with Crippen molar-refractivity contribution in [2.45, 2.75) is 50.9 Å². The number of ether oxygens (including phenoxy) is 1. The summed E-state index contributed by atoms with van der Waals surface area (Å²) in [6.07, 6.45) is 6.65. The monoisotopic (exact) mass is 489 g/mol. The fraction of sp³-hybridized carbons (Fsp3) is 0.370. The first kappa shape index (κ1) is 23.5. The van der Waals surface area contributed by atoms with E-state index >= 15 is 0 Å². The van der Waals surface area contributed by atoms with E-state index in [9.17, 15) is 4.79 Å². The number of rotatable bonds is 8. The van der Waals surface area contributed by atoms with Crippen LogP contribution in [0.5, 0.6) is 0 Å². The first-order valence-corrected chi connectivity index (χ1v) is 12.6. The van der Waals surface area contributed by atoms with Crippen LogP contribution in [0.2, 0.25) is 0 Å². The number of carbonyl (C=O) groups excluding carboxylic acids is 1. The zero-order valence-electron chi connectivity index (χ0n) is 19.9. The summed E-state index contributed by atoms with van der Waals surface area (Å²) in [5.41, 5.74) is 4.03.